The summed E-state index contributed by atoms with van der Waals surface area (Å²) >= 11 is 0. The number of carbonyl (C=O) groups is 1. The van der Waals surface area contributed by atoms with Gasteiger partial charge in [0.15, 0.2) is 0 Å². The van der Waals surface area contributed by atoms with Crippen LogP contribution in [0.15, 0.2) is 12.7 Å². The molecule has 0 aromatic carbocycles. The van der Waals surface area contributed by atoms with Crippen molar-refractivity contribution >= 4 is 21.5 Å². The van der Waals surface area contributed by atoms with Crippen molar-refractivity contribution in [2.45, 2.75) is 24.5 Å². The fourth-order valence-electron chi connectivity index (χ4n) is 1.55. The average molecular weight is 213 g/mol. The number of allylic oxidation sites excluding steroid dienone is 1. The third kappa shape index (κ3) is 1.85. The summed E-state index contributed by atoms with van der Waals surface area (Å²) in [5, 5.41) is 0.118. The zero-order chi connectivity index (χ0) is 10.3. The van der Waals surface area contributed by atoms with Gasteiger partial charge in [0, 0.05) is 11.2 Å². The van der Waals surface area contributed by atoms with E-state index in [2.05, 4.69) is 17.2 Å². The Labute approximate surface area is 84.7 Å². The largest absolute Gasteiger partial charge is 0.283 e. The van der Waals surface area contributed by atoms with Gasteiger partial charge in [-0.15, -0.1) is 6.58 Å². The van der Waals surface area contributed by atoms with E-state index in [9.17, 15) is 9.00 Å². The van der Waals surface area contributed by atoms with Gasteiger partial charge in [-0.2, -0.15) is 0 Å². The highest BCUT2D eigenvalue weighted by Crippen LogP contribution is 2.39. The highest BCUT2D eigenvalue weighted by Gasteiger charge is 2.42. The molecule has 0 aromatic heterocycles. The third-order valence-corrected chi connectivity index (χ3v) is 4.91. The van der Waals surface area contributed by atoms with E-state index in [4.69, 9.17) is 0 Å². The summed E-state index contributed by atoms with van der Waals surface area (Å²) in [4.78, 5) is 11.5. The van der Waals surface area contributed by atoms with Gasteiger partial charge in [-0.25, -0.2) is 4.21 Å². The molecule has 0 aliphatic heterocycles. The molecule has 0 radical (unpaired) electrons. The molecule has 78 valence electrons. The van der Waals surface area contributed by atoms with Crippen LogP contribution in [0, 0.1) is 11.8 Å². The summed E-state index contributed by atoms with van der Waals surface area (Å²) in [5.41, 5.74) is 0. The molecule has 2 aliphatic rings. The van der Waals surface area contributed by atoms with Crippen molar-refractivity contribution in [3.63, 3.8) is 0 Å². The smallest absolute Gasteiger partial charge is 0.234 e. The molecule has 3 unspecified atom stereocenters. The highest BCUT2D eigenvalue weighted by atomic mass is 32.2. The second-order valence-corrected chi connectivity index (χ2v) is 6.46. The van der Waals surface area contributed by atoms with Crippen molar-refractivity contribution in [2.75, 3.05) is 0 Å². The molecule has 1 amide bonds. The first-order valence-corrected chi connectivity index (χ1v) is 6.64. The van der Waals surface area contributed by atoms with Gasteiger partial charge in [-0.05, 0) is 31.1 Å². The van der Waals surface area contributed by atoms with E-state index in [0.29, 0.717) is 0 Å². The normalized spacial score (nSPS) is 34.3. The number of amides is 1. The molecule has 2 rings (SSSR count). The minimum Gasteiger partial charge on any atom is -0.283 e. The Bertz CT molecular complexity index is 368. The van der Waals surface area contributed by atoms with Gasteiger partial charge in [0.1, 0.15) is 0 Å². The number of hydrogen-bond donors (Lipinski definition) is 1. The number of hydrogen-bond acceptors (Lipinski definition) is 2. The molecule has 1 N–H and O–H groups in total. The summed E-state index contributed by atoms with van der Waals surface area (Å²) < 4.78 is 14.4. The van der Waals surface area contributed by atoms with Crippen LogP contribution >= 0.6 is 0 Å². The van der Waals surface area contributed by atoms with Gasteiger partial charge in [0.25, 0.3) is 0 Å². The van der Waals surface area contributed by atoms with E-state index in [1.54, 1.807) is 6.08 Å². The SMILES string of the molecule is C=CC1CC1C(=O)NS(=C)(=O)C1CC1. The first-order valence-electron chi connectivity index (χ1n) is 4.85. The van der Waals surface area contributed by atoms with Crippen molar-refractivity contribution < 1.29 is 9.00 Å². The zero-order valence-corrected chi connectivity index (χ0v) is 8.89. The van der Waals surface area contributed by atoms with Crippen LogP contribution in [-0.2, 0) is 14.5 Å². The fourth-order valence-corrected chi connectivity index (χ4v) is 3.11. The average Bonchev–Trinajstić information content (AvgIpc) is 2.98. The summed E-state index contributed by atoms with van der Waals surface area (Å²) in [6, 6.07) is 0. The second-order valence-electron chi connectivity index (χ2n) is 4.13. The number of nitrogens with one attached hydrogen (secondary N) is 1. The van der Waals surface area contributed by atoms with E-state index in [-0.39, 0.29) is 23.0 Å². The van der Waals surface area contributed by atoms with E-state index >= 15 is 0 Å². The molecule has 0 bridgehead atoms. The lowest BCUT2D eigenvalue weighted by atomic mass is 10.3. The minimum atomic E-state index is -2.36. The second kappa shape index (κ2) is 3.12. The van der Waals surface area contributed by atoms with Crippen LogP contribution in [0.4, 0.5) is 0 Å². The van der Waals surface area contributed by atoms with Gasteiger partial charge in [-0.1, -0.05) is 6.08 Å². The van der Waals surface area contributed by atoms with Crippen LogP contribution in [0.1, 0.15) is 19.3 Å². The van der Waals surface area contributed by atoms with Crippen LogP contribution in [0.3, 0.4) is 0 Å². The molecule has 0 spiro atoms. The number of rotatable bonds is 4. The maximum absolute atomic E-state index is 11.8. The van der Waals surface area contributed by atoms with Crippen LogP contribution in [0.2, 0.25) is 0 Å². The van der Waals surface area contributed by atoms with Crippen molar-refractivity contribution in [3.8, 4) is 0 Å². The van der Waals surface area contributed by atoms with E-state index in [0.717, 1.165) is 19.3 Å². The first kappa shape index (κ1) is 9.77. The maximum Gasteiger partial charge on any atom is 0.234 e. The van der Waals surface area contributed by atoms with Gasteiger partial charge in [-0.3, -0.25) is 9.52 Å². The molecule has 14 heavy (non-hydrogen) atoms. The predicted octanol–water partition coefficient (Wildman–Crippen LogP) is 0.718. The monoisotopic (exact) mass is 213 g/mol. The molecule has 2 saturated carbocycles. The Kier molecular flexibility index (Phi) is 2.18. The Hall–Kier alpha value is -0.770. The molecule has 3 atom stereocenters. The van der Waals surface area contributed by atoms with E-state index < -0.39 is 9.71 Å². The molecular weight excluding hydrogens is 198 g/mol. The quantitative estimate of drug-likeness (QED) is 0.552. The van der Waals surface area contributed by atoms with Gasteiger partial charge < -0.3 is 0 Å². The van der Waals surface area contributed by atoms with E-state index in [1.165, 1.54) is 0 Å². The van der Waals surface area contributed by atoms with Gasteiger partial charge in [0.2, 0.25) is 5.91 Å². The zero-order valence-electron chi connectivity index (χ0n) is 8.07. The summed E-state index contributed by atoms with van der Waals surface area (Å²) in [6.45, 7) is 3.63. The van der Waals surface area contributed by atoms with Gasteiger partial charge in [0.05, 0.1) is 9.71 Å². The maximum atomic E-state index is 11.8. The first-order chi connectivity index (χ1) is 6.54. The van der Waals surface area contributed by atoms with Crippen LogP contribution < -0.4 is 4.72 Å². The fraction of sp³-hybridized carbons (Fsp3) is 0.600. The lowest BCUT2D eigenvalue weighted by molar-refractivity contribution is -0.120. The molecule has 0 aromatic rings. The van der Waals surface area contributed by atoms with E-state index in [1.807, 2.05) is 0 Å². The topological polar surface area (TPSA) is 46.2 Å². The van der Waals surface area contributed by atoms with Crippen LogP contribution in [0.5, 0.6) is 0 Å². The lowest BCUT2D eigenvalue weighted by Gasteiger charge is -2.09. The predicted molar refractivity (Wildman–Crippen MR) is 58.2 cm³/mol. The Morgan fingerprint density at radius 3 is 2.57 bits per heavy atom. The standard InChI is InChI=1S/C10H15NO2S/c1-3-7-6-9(7)10(12)11-14(2,13)8-4-5-8/h3,7-9H,1-2,4-6H2,(H,11,12,13). The highest BCUT2D eigenvalue weighted by molar-refractivity contribution is 7.99. The summed E-state index contributed by atoms with van der Waals surface area (Å²) in [5.74, 6) is 3.77. The number of carbonyl (C=O) groups excluding carboxylic acids is 1. The Balaban J connectivity index is 1.92. The molecular formula is C10H15NO2S. The molecule has 3 nitrogen and oxygen atoms in total. The molecule has 2 aliphatic carbocycles. The summed E-state index contributed by atoms with van der Waals surface area (Å²) in [6.07, 6.45) is 4.48. The molecule has 4 heteroatoms. The van der Waals surface area contributed by atoms with Crippen LogP contribution in [0.25, 0.3) is 0 Å². The summed E-state index contributed by atoms with van der Waals surface area (Å²) in [7, 11) is -2.36. The van der Waals surface area contributed by atoms with Crippen molar-refractivity contribution in [1.29, 1.82) is 0 Å². The van der Waals surface area contributed by atoms with Crippen molar-refractivity contribution in [1.82, 2.24) is 4.72 Å². The minimum absolute atomic E-state index is 0.00572. The molecule has 0 saturated heterocycles. The van der Waals surface area contributed by atoms with Gasteiger partial charge >= 0.3 is 0 Å². The van der Waals surface area contributed by atoms with Crippen LogP contribution in [-0.4, -0.2) is 21.2 Å². The molecule has 0 heterocycles. The molecule has 2 fully saturated rings. The van der Waals surface area contributed by atoms with Crippen molar-refractivity contribution in [3.05, 3.63) is 12.7 Å². The van der Waals surface area contributed by atoms with Crippen molar-refractivity contribution in [2.24, 2.45) is 11.8 Å². The third-order valence-electron chi connectivity index (χ3n) is 2.82. The Morgan fingerprint density at radius 2 is 2.14 bits per heavy atom. The Morgan fingerprint density at radius 1 is 1.50 bits per heavy atom. The lowest BCUT2D eigenvalue weighted by Crippen LogP contribution is -2.34.